The highest BCUT2D eigenvalue weighted by atomic mass is 127. The van der Waals surface area contributed by atoms with Gasteiger partial charge in [-0.3, -0.25) is 14.4 Å². The molecule has 0 saturated heterocycles. The Balaban J connectivity index is 1.26. The number of carbonyl (C=O) groups excluding carboxylic acids is 3. The van der Waals surface area contributed by atoms with Crippen LogP contribution in [0.15, 0.2) is 136 Å². The van der Waals surface area contributed by atoms with Crippen molar-refractivity contribution in [1.29, 1.82) is 0 Å². The minimum Gasteiger partial charge on any atom is -0.457 e. The van der Waals surface area contributed by atoms with Crippen molar-refractivity contribution >= 4 is 69.5 Å². The highest BCUT2D eigenvalue weighted by Crippen LogP contribution is 2.24. The van der Waals surface area contributed by atoms with Crippen LogP contribution in [0.3, 0.4) is 0 Å². The first-order valence-corrected chi connectivity index (χ1v) is 15.3. The molecular formula is C34H26IN3O4S. The van der Waals surface area contributed by atoms with Crippen LogP contribution < -0.4 is 16.0 Å². The van der Waals surface area contributed by atoms with Crippen molar-refractivity contribution in [2.45, 2.75) is 4.90 Å². The van der Waals surface area contributed by atoms with Crippen LogP contribution in [0.5, 0.6) is 0 Å². The Labute approximate surface area is 266 Å². The molecule has 5 rings (SSSR count). The number of furan rings is 1. The number of carbonyl (C=O) groups is 3. The molecule has 0 aliphatic rings. The Kier molecular flexibility index (Phi) is 10.1. The van der Waals surface area contributed by atoms with Gasteiger partial charge in [-0.2, -0.15) is 0 Å². The number of anilines is 2. The second-order valence-electron chi connectivity index (χ2n) is 9.27. The molecule has 0 radical (unpaired) electrons. The predicted molar refractivity (Wildman–Crippen MR) is 180 cm³/mol. The molecule has 0 bridgehead atoms. The molecule has 214 valence electrons. The maximum absolute atomic E-state index is 13.4. The summed E-state index contributed by atoms with van der Waals surface area (Å²) in [6, 6.07) is 36.5. The summed E-state index contributed by atoms with van der Waals surface area (Å²) in [7, 11) is 0. The van der Waals surface area contributed by atoms with Gasteiger partial charge in [0.25, 0.3) is 11.8 Å². The zero-order valence-corrected chi connectivity index (χ0v) is 25.7. The van der Waals surface area contributed by atoms with E-state index in [1.165, 1.54) is 17.8 Å². The van der Waals surface area contributed by atoms with E-state index in [2.05, 4.69) is 38.5 Å². The molecule has 0 aliphatic heterocycles. The lowest BCUT2D eigenvalue weighted by Gasteiger charge is -2.11. The average molecular weight is 700 g/mol. The number of amides is 3. The fourth-order valence-electron chi connectivity index (χ4n) is 3.98. The van der Waals surface area contributed by atoms with Crippen LogP contribution in [0, 0.1) is 3.57 Å². The van der Waals surface area contributed by atoms with Crippen molar-refractivity contribution in [1.82, 2.24) is 5.32 Å². The molecule has 1 aromatic heterocycles. The lowest BCUT2D eigenvalue weighted by atomic mass is 10.2. The molecule has 4 aromatic carbocycles. The van der Waals surface area contributed by atoms with Crippen molar-refractivity contribution in [2.24, 2.45) is 0 Å². The minimum atomic E-state index is -0.515. The van der Waals surface area contributed by atoms with Gasteiger partial charge in [-0.15, -0.1) is 11.8 Å². The van der Waals surface area contributed by atoms with Gasteiger partial charge in [0.2, 0.25) is 5.91 Å². The number of hydrogen-bond donors (Lipinski definition) is 3. The molecule has 5 aromatic rings. The molecular weight excluding hydrogens is 673 g/mol. The van der Waals surface area contributed by atoms with Gasteiger partial charge in [-0.1, -0.05) is 48.5 Å². The minimum absolute atomic E-state index is 0.0218. The monoisotopic (exact) mass is 699 g/mol. The molecule has 0 spiro atoms. The van der Waals surface area contributed by atoms with E-state index < -0.39 is 11.8 Å². The Morgan fingerprint density at radius 2 is 1.35 bits per heavy atom. The summed E-state index contributed by atoms with van der Waals surface area (Å²) in [6.45, 7) is 0. The summed E-state index contributed by atoms with van der Waals surface area (Å²) in [6.07, 6.45) is 1.50. The van der Waals surface area contributed by atoms with E-state index in [1.807, 2.05) is 78.9 Å². The summed E-state index contributed by atoms with van der Waals surface area (Å²) in [5.41, 5.74) is 2.61. The van der Waals surface area contributed by atoms with Crippen molar-refractivity contribution in [2.75, 3.05) is 16.4 Å². The molecule has 0 unspecified atom stereocenters. The molecule has 0 saturated carbocycles. The summed E-state index contributed by atoms with van der Waals surface area (Å²) < 4.78 is 7.04. The fourth-order valence-corrected chi connectivity index (χ4v) is 5.04. The average Bonchev–Trinajstić information content (AvgIpc) is 3.51. The third-order valence-electron chi connectivity index (χ3n) is 6.11. The topological polar surface area (TPSA) is 100 Å². The summed E-state index contributed by atoms with van der Waals surface area (Å²) in [4.78, 5) is 39.5. The second kappa shape index (κ2) is 14.5. The number of halogens is 1. The van der Waals surface area contributed by atoms with E-state index in [4.69, 9.17) is 4.42 Å². The van der Waals surface area contributed by atoms with E-state index >= 15 is 0 Å². The molecule has 0 aliphatic carbocycles. The molecule has 0 atom stereocenters. The summed E-state index contributed by atoms with van der Waals surface area (Å²) in [5.74, 6) is 0.241. The zero-order chi connectivity index (χ0) is 30.0. The smallest absolute Gasteiger partial charge is 0.272 e. The van der Waals surface area contributed by atoms with Crippen molar-refractivity contribution < 1.29 is 18.8 Å². The van der Waals surface area contributed by atoms with E-state index in [0.29, 0.717) is 22.8 Å². The van der Waals surface area contributed by atoms with Crippen molar-refractivity contribution in [3.05, 3.63) is 142 Å². The van der Waals surface area contributed by atoms with Gasteiger partial charge < -0.3 is 20.4 Å². The van der Waals surface area contributed by atoms with Gasteiger partial charge in [-0.05, 0) is 95.4 Å². The molecule has 1 heterocycles. The van der Waals surface area contributed by atoms with Gasteiger partial charge >= 0.3 is 0 Å². The van der Waals surface area contributed by atoms with E-state index in [0.717, 1.165) is 19.7 Å². The maximum Gasteiger partial charge on any atom is 0.272 e. The van der Waals surface area contributed by atoms with Gasteiger partial charge in [0.1, 0.15) is 17.2 Å². The number of hydrogen-bond acceptors (Lipinski definition) is 5. The van der Waals surface area contributed by atoms with Gasteiger partial charge in [0.15, 0.2) is 0 Å². The van der Waals surface area contributed by atoms with Crippen LogP contribution in [-0.2, 0) is 9.59 Å². The fraction of sp³-hybridized carbons (Fsp3) is 0.0294. The highest BCUT2D eigenvalue weighted by molar-refractivity contribution is 14.1. The standard InChI is InChI=1S/C34H26IN3O4S/c35-25-11-13-26(14-12-25)36-32(39)22-43-29-18-15-27(16-19-29)37-34(41)30(38-33(40)24-9-5-2-6-10-24)21-28-17-20-31(42-28)23-7-3-1-4-8-23/h1-21H,22H2,(H,36,39)(H,37,41)(H,38,40). The Bertz CT molecular complexity index is 1740. The SMILES string of the molecule is O=C(CSc1ccc(NC(=O)C(=Cc2ccc(-c3ccccc3)o2)NC(=O)c2ccccc2)cc1)Nc1ccc(I)cc1. The highest BCUT2D eigenvalue weighted by Gasteiger charge is 2.16. The molecule has 0 fully saturated rings. The first-order valence-electron chi connectivity index (χ1n) is 13.3. The summed E-state index contributed by atoms with van der Waals surface area (Å²) >= 11 is 3.60. The quantitative estimate of drug-likeness (QED) is 0.0789. The lowest BCUT2D eigenvalue weighted by molar-refractivity contribution is -0.114. The van der Waals surface area contributed by atoms with E-state index in [1.54, 1.807) is 42.5 Å². The molecule has 3 amide bonds. The lowest BCUT2D eigenvalue weighted by Crippen LogP contribution is -2.30. The summed E-state index contributed by atoms with van der Waals surface area (Å²) in [5, 5.41) is 8.43. The number of rotatable bonds is 10. The molecule has 43 heavy (non-hydrogen) atoms. The Morgan fingerprint density at radius 3 is 2.05 bits per heavy atom. The normalized spacial score (nSPS) is 11.0. The number of nitrogens with one attached hydrogen (secondary N) is 3. The zero-order valence-electron chi connectivity index (χ0n) is 22.8. The van der Waals surface area contributed by atoms with Crippen molar-refractivity contribution in [3.63, 3.8) is 0 Å². The van der Waals surface area contributed by atoms with Crippen LogP contribution in [0.1, 0.15) is 16.1 Å². The third kappa shape index (κ3) is 8.69. The predicted octanol–water partition coefficient (Wildman–Crippen LogP) is 7.69. The van der Waals surface area contributed by atoms with Crippen LogP contribution in [0.2, 0.25) is 0 Å². The molecule has 3 N–H and O–H groups in total. The van der Waals surface area contributed by atoms with Crippen LogP contribution in [0.25, 0.3) is 17.4 Å². The van der Waals surface area contributed by atoms with E-state index in [-0.39, 0.29) is 17.4 Å². The Morgan fingerprint density at radius 1 is 0.721 bits per heavy atom. The van der Waals surface area contributed by atoms with E-state index in [9.17, 15) is 14.4 Å². The maximum atomic E-state index is 13.4. The van der Waals surface area contributed by atoms with Crippen LogP contribution in [0.4, 0.5) is 11.4 Å². The number of benzene rings is 4. The first-order chi connectivity index (χ1) is 20.9. The largest absolute Gasteiger partial charge is 0.457 e. The second-order valence-corrected chi connectivity index (χ2v) is 11.6. The van der Waals surface area contributed by atoms with Crippen molar-refractivity contribution in [3.8, 4) is 11.3 Å². The van der Waals surface area contributed by atoms with Gasteiger partial charge in [0, 0.05) is 37.0 Å². The van der Waals surface area contributed by atoms with Crippen LogP contribution >= 0.6 is 34.4 Å². The first kappa shape index (κ1) is 29.9. The van der Waals surface area contributed by atoms with Gasteiger partial charge in [-0.25, -0.2) is 0 Å². The third-order valence-corrected chi connectivity index (χ3v) is 7.84. The Hall–Kier alpha value is -4.61. The van der Waals surface area contributed by atoms with Crippen LogP contribution in [-0.4, -0.2) is 23.5 Å². The molecule has 9 heteroatoms. The van der Waals surface area contributed by atoms with Gasteiger partial charge in [0.05, 0.1) is 5.75 Å². The number of thioether (sulfide) groups is 1. The molecule has 7 nitrogen and oxygen atoms in total.